The van der Waals surface area contributed by atoms with E-state index in [4.69, 9.17) is 33.9 Å². The Morgan fingerprint density at radius 1 is 0.578 bits per heavy atom. The Hall–Kier alpha value is -6.50. The Kier molecular flexibility index (Phi) is 16.1. The van der Waals surface area contributed by atoms with Crippen LogP contribution >= 0.6 is 22.7 Å². The van der Waals surface area contributed by atoms with Gasteiger partial charge in [0.2, 0.25) is 0 Å². The van der Waals surface area contributed by atoms with E-state index in [0.717, 1.165) is 120 Å². The first-order valence-electron chi connectivity index (χ1n) is 28.3. The van der Waals surface area contributed by atoms with Crippen molar-refractivity contribution in [2.24, 2.45) is 0 Å². The molecule has 5 fully saturated rings. The van der Waals surface area contributed by atoms with Crippen LogP contribution in [0.1, 0.15) is 128 Å². The van der Waals surface area contributed by atoms with Crippen LogP contribution in [0.15, 0.2) is 124 Å². The van der Waals surface area contributed by atoms with Crippen LogP contribution in [0.2, 0.25) is 0 Å². The number of benzene rings is 2. The van der Waals surface area contributed by atoms with E-state index in [0.29, 0.717) is 87.4 Å². The average Bonchev–Trinajstić information content (AvgIpc) is 3.15. The fraction of sp³-hybridized carbons (Fsp3) is 0.410. The summed E-state index contributed by atoms with van der Waals surface area (Å²) in [6, 6.07) is 20.7. The van der Waals surface area contributed by atoms with E-state index in [-0.39, 0.29) is 34.9 Å². The summed E-state index contributed by atoms with van der Waals surface area (Å²) in [5.74, 6) is -0.855. The number of pyridine rings is 2. The van der Waals surface area contributed by atoms with Crippen LogP contribution < -0.4 is 0 Å². The highest BCUT2D eigenvalue weighted by atomic mass is 32.2. The third-order valence-corrected chi connectivity index (χ3v) is 21.7. The van der Waals surface area contributed by atoms with E-state index in [9.17, 15) is 26.4 Å². The molecule has 0 N–H and O–H groups in total. The highest BCUT2D eigenvalue weighted by molar-refractivity contribution is 7.90. The number of ether oxygens (including phenoxy) is 4. The molecule has 8 aromatic rings. The summed E-state index contributed by atoms with van der Waals surface area (Å²) < 4.78 is 81.1. The first kappa shape index (κ1) is 57.0. The van der Waals surface area contributed by atoms with Crippen molar-refractivity contribution in [1.29, 1.82) is 0 Å². The maximum absolute atomic E-state index is 13.8. The van der Waals surface area contributed by atoms with Crippen molar-refractivity contribution in [3.8, 4) is 22.5 Å². The number of carbonyl (C=O) groups excluding carboxylic acids is 2. The number of aromatic nitrogens is 6. The number of carbonyl (C=O) groups is 2. The van der Waals surface area contributed by atoms with Crippen LogP contribution in [0.5, 0.6) is 0 Å². The zero-order chi connectivity index (χ0) is 56.1. The van der Waals surface area contributed by atoms with Crippen molar-refractivity contribution in [2.75, 3.05) is 52.6 Å². The van der Waals surface area contributed by atoms with Crippen molar-refractivity contribution in [3.05, 3.63) is 136 Å². The number of amides is 2. The fourth-order valence-electron chi connectivity index (χ4n) is 12.2. The van der Waals surface area contributed by atoms with E-state index in [1.165, 1.54) is 30.6 Å². The highest BCUT2D eigenvalue weighted by Crippen LogP contribution is 2.45. The van der Waals surface area contributed by atoms with E-state index in [1.807, 2.05) is 26.6 Å². The van der Waals surface area contributed by atoms with Crippen LogP contribution in [-0.4, -0.2) is 131 Å². The van der Waals surface area contributed by atoms with Crippen LogP contribution in [0.25, 0.3) is 50.2 Å². The first-order chi connectivity index (χ1) is 39.9. The van der Waals surface area contributed by atoms with E-state index in [2.05, 4.69) is 17.1 Å². The van der Waals surface area contributed by atoms with Gasteiger partial charge in [0.25, 0.3) is 31.9 Å². The Bertz CT molecular complexity index is 3940. The average molecular weight is 1200 g/mol. The van der Waals surface area contributed by atoms with Gasteiger partial charge in [-0.15, -0.1) is 22.7 Å². The number of likely N-dealkylation sites (tertiary alicyclic amines) is 2. The summed E-state index contributed by atoms with van der Waals surface area (Å²) in [5.41, 5.74) is 6.17. The monoisotopic (exact) mass is 1200 g/mol. The minimum Gasteiger partial charge on any atom is -0.348 e. The molecule has 6 aromatic heterocycles. The summed E-state index contributed by atoms with van der Waals surface area (Å²) in [6.45, 7) is 5.47. The van der Waals surface area contributed by atoms with Crippen molar-refractivity contribution in [3.63, 3.8) is 0 Å². The standard InChI is InChI=1S/C30H32N4O5S2.C30H30N4O5S2.CH4/c2*35-29(33-13-5-2-6-14-33)28-32-26(20-40-28)25-19-34(41(36,37)23-7-3-1-4-8-23)27-24(25)17-22(18-31-27)21-9-11-30(12-10-21)38-15-16-39-30;/h1,3-4,7-8,17-21H,2,5-6,9-16H2;1,3-4,7-9,17-20H,2,5-6,10-16H2;1H4. The van der Waals surface area contributed by atoms with Gasteiger partial charge in [0.1, 0.15) is 0 Å². The van der Waals surface area contributed by atoms with Gasteiger partial charge in [-0.3, -0.25) is 9.59 Å². The molecule has 0 radical (unpaired) electrons. The smallest absolute Gasteiger partial charge is 0.282 e. The number of rotatable bonds is 10. The summed E-state index contributed by atoms with van der Waals surface area (Å²) in [4.78, 5) is 49.2. The normalized spacial score (nSPS) is 19.2. The van der Waals surface area contributed by atoms with Crippen molar-refractivity contribution in [1.82, 2.24) is 37.7 Å². The van der Waals surface area contributed by atoms with Gasteiger partial charge in [-0.2, -0.15) is 0 Å². The minimum absolute atomic E-state index is 0. The molecule has 0 unspecified atom stereocenters. The Balaban J connectivity index is 0.000000162. The number of fused-ring (bicyclic) bond motifs is 2. The molecule has 4 aliphatic heterocycles. The van der Waals surface area contributed by atoms with E-state index < -0.39 is 31.6 Å². The van der Waals surface area contributed by atoms with Gasteiger partial charge in [-0.1, -0.05) is 49.9 Å². The highest BCUT2D eigenvalue weighted by Gasteiger charge is 2.41. The lowest BCUT2D eigenvalue weighted by Gasteiger charge is -2.35. The maximum atomic E-state index is 13.8. The SMILES string of the molecule is C.O=C(c1nc(-c2cn(S(=O)(=O)c3ccccc3)c3ncc(C4=CCC5(CC4)OCCO5)cc23)cs1)N1CCCCC1.O=C(c1nc(-c2cn(S(=O)(=O)c3ccccc3)c3ncc(C4CCC5(CC4)OCCO5)cc23)cs1)N1CCCCC1. The molecule has 10 heterocycles. The lowest BCUT2D eigenvalue weighted by atomic mass is 9.81. The quantitative estimate of drug-likeness (QED) is 0.125. The lowest BCUT2D eigenvalue weighted by molar-refractivity contribution is -0.178. The van der Waals surface area contributed by atoms with E-state index in [1.54, 1.807) is 85.5 Å². The van der Waals surface area contributed by atoms with Crippen LogP contribution in [0.3, 0.4) is 0 Å². The summed E-state index contributed by atoms with van der Waals surface area (Å²) in [5, 5.41) is 5.88. The van der Waals surface area contributed by atoms with Crippen molar-refractivity contribution in [2.45, 2.75) is 118 Å². The molecule has 0 bridgehead atoms. The summed E-state index contributed by atoms with van der Waals surface area (Å²) >= 11 is 2.59. The second-order valence-electron chi connectivity index (χ2n) is 21.8. The summed E-state index contributed by atoms with van der Waals surface area (Å²) in [6.07, 6.45) is 20.7. The topological polar surface area (TPSA) is 207 Å². The number of hydrogen-bond acceptors (Lipinski definition) is 16. The fourth-order valence-corrected chi connectivity index (χ4v) is 16.5. The first-order valence-corrected chi connectivity index (χ1v) is 32.9. The lowest BCUT2D eigenvalue weighted by Crippen LogP contribution is -2.35. The third kappa shape index (κ3) is 11.1. The van der Waals surface area contributed by atoms with Crippen molar-refractivity contribution >= 4 is 82.2 Å². The van der Waals surface area contributed by atoms with Gasteiger partial charge in [0.05, 0.1) is 47.6 Å². The molecule has 434 valence electrons. The molecule has 83 heavy (non-hydrogen) atoms. The molecule has 14 rings (SSSR count). The van der Waals surface area contributed by atoms with Gasteiger partial charge >= 0.3 is 0 Å². The number of nitrogens with zero attached hydrogens (tertiary/aromatic N) is 8. The molecule has 2 amide bonds. The van der Waals surface area contributed by atoms with Gasteiger partial charge in [-0.25, -0.2) is 44.7 Å². The zero-order valence-corrected chi connectivity index (χ0v) is 48.5. The second-order valence-corrected chi connectivity index (χ2v) is 27.1. The number of hydrogen-bond donors (Lipinski definition) is 0. The largest absolute Gasteiger partial charge is 0.348 e. The van der Waals surface area contributed by atoms with E-state index >= 15 is 0 Å². The van der Waals surface area contributed by atoms with Crippen molar-refractivity contribution < 1.29 is 45.4 Å². The van der Waals surface area contributed by atoms with Gasteiger partial charge in [0.15, 0.2) is 32.9 Å². The Morgan fingerprint density at radius 3 is 1.53 bits per heavy atom. The molecule has 2 spiro atoms. The molecule has 6 aliphatic rings. The number of allylic oxidation sites excluding steroid dienone is 1. The maximum Gasteiger partial charge on any atom is 0.282 e. The number of piperidine rings is 2. The molecular formula is C61H66N8O10S4. The molecule has 1 saturated carbocycles. The molecule has 2 aliphatic carbocycles. The van der Waals surface area contributed by atoms with Crippen LogP contribution in [0.4, 0.5) is 0 Å². The molecule has 0 atom stereocenters. The third-order valence-electron chi connectivity index (χ3n) is 16.7. The van der Waals surface area contributed by atoms with Gasteiger partial charge in [-0.05, 0) is 117 Å². The second kappa shape index (κ2) is 23.5. The van der Waals surface area contributed by atoms with Gasteiger partial charge in [0, 0.05) is 109 Å². The Labute approximate surface area is 491 Å². The molecule has 2 aromatic carbocycles. The minimum atomic E-state index is -3.93. The Morgan fingerprint density at radius 2 is 1.05 bits per heavy atom. The van der Waals surface area contributed by atoms with Crippen LogP contribution in [-0.2, 0) is 39.0 Å². The molecule has 22 heteroatoms. The zero-order valence-electron chi connectivity index (χ0n) is 45.2. The van der Waals surface area contributed by atoms with Crippen LogP contribution in [0, 0.1) is 0 Å². The predicted molar refractivity (Wildman–Crippen MR) is 318 cm³/mol. The molecule has 18 nitrogen and oxygen atoms in total. The summed E-state index contributed by atoms with van der Waals surface area (Å²) in [7, 11) is -7.84. The number of thiazole rings is 2. The predicted octanol–water partition coefficient (Wildman–Crippen LogP) is 11.4. The molecular weight excluding hydrogens is 1130 g/mol. The molecule has 4 saturated heterocycles. The van der Waals surface area contributed by atoms with Gasteiger partial charge < -0.3 is 28.7 Å².